The molecule has 0 aliphatic carbocycles. The Kier molecular flexibility index (Phi) is 2.92. The van der Waals surface area contributed by atoms with Gasteiger partial charge in [0.1, 0.15) is 5.82 Å². The summed E-state index contributed by atoms with van der Waals surface area (Å²) in [5, 5.41) is 2.90. The third kappa shape index (κ3) is 1.80. The van der Waals surface area contributed by atoms with Crippen LogP contribution in [0.2, 0.25) is 0 Å². The molecule has 0 saturated carbocycles. The van der Waals surface area contributed by atoms with Crippen molar-refractivity contribution >= 4 is 11.6 Å². The molecule has 1 atom stereocenters. The number of nitrogens with one attached hydrogen (secondary N) is 1. The highest BCUT2D eigenvalue weighted by molar-refractivity contribution is 5.98. The third-order valence-corrected chi connectivity index (χ3v) is 3.01. The Labute approximate surface area is 94.3 Å². The summed E-state index contributed by atoms with van der Waals surface area (Å²) < 4.78 is 13.1. The van der Waals surface area contributed by atoms with Crippen molar-refractivity contribution in [3.8, 4) is 0 Å². The second-order valence-corrected chi connectivity index (χ2v) is 4.02. The van der Waals surface area contributed by atoms with E-state index in [1.807, 2.05) is 0 Å². The maximum absolute atomic E-state index is 13.1. The van der Waals surface area contributed by atoms with Gasteiger partial charge < -0.3 is 10.2 Å². The van der Waals surface area contributed by atoms with Crippen LogP contribution < -0.4 is 10.2 Å². The molecule has 3 nitrogen and oxygen atoms in total. The predicted octanol–water partition coefficient (Wildman–Crippen LogP) is 1.32. The zero-order valence-electron chi connectivity index (χ0n) is 9.46. The molecule has 1 aliphatic rings. The number of benzene rings is 1. The first-order chi connectivity index (χ1) is 7.63. The highest BCUT2D eigenvalue weighted by atomic mass is 19.1. The predicted molar refractivity (Wildman–Crippen MR) is 61.0 cm³/mol. The van der Waals surface area contributed by atoms with Crippen LogP contribution in [0.15, 0.2) is 18.2 Å². The fraction of sp³-hybridized carbons (Fsp3) is 0.417. The number of hydrogen-bond donors (Lipinski definition) is 1. The van der Waals surface area contributed by atoms with Crippen LogP contribution >= 0.6 is 0 Å². The van der Waals surface area contributed by atoms with Crippen molar-refractivity contribution in [2.75, 3.05) is 18.5 Å². The van der Waals surface area contributed by atoms with Crippen LogP contribution in [-0.4, -0.2) is 25.5 Å². The Morgan fingerprint density at radius 3 is 3.00 bits per heavy atom. The van der Waals surface area contributed by atoms with E-state index >= 15 is 0 Å². The van der Waals surface area contributed by atoms with Gasteiger partial charge in [0.05, 0.1) is 6.04 Å². The van der Waals surface area contributed by atoms with Gasteiger partial charge in [0, 0.05) is 12.2 Å². The second-order valence-electron chi connectivity index (χ2n) is 4.02. The van der Waals surface area contributed by atoms with Gasteiger partial charge in [0.25, 0.3) is 0 Å². The highest BCUT2D eigenvalue weighted by Crippen LogP contribution is 2.29. The van der Waals surface area contributed by atoms with Gasteiger partial charge in [0.2, 0.25) is 5.91 Å². The van der Waals surface area contributed by atoms with E-state index in [2.05, 4.69) is 5.32 Å². The normalized spacial score (nSPS) is 16.1. The van der Waals surface area contributed by atoms with Gasteiger partial charge in [-0.15, -0.1) is 0 Å². The van der Waals surface area contributed by atoms with Gasteiger partial charge in [-0.05, 0) is 38.1 Å². The van der Waals surface area contributed by atoms with Crippen molar-refractivity contribution in [3.63, 3.8) is 0 Å². The molecule has 1 heterocycles. The van der Waals surface area contributed by atoms with Gasteiger partial charge in [-0.25, -0.2) is 4.39 Å². The van der Waals surface area contributed by atoms with Crippen molar-refractivity contribution in [2.45, 2.75) is 19.4 Å². The van der Waals surface area contributed by atoms with E-state index < -0.39 is 0 Å². The van der Waals surface area contributed by atoms with Crippen LogP contribution in [0.5, 0.6) is 0 Å². The van der Waals surface area contributed by atoms with Gasteiger partial charge in [-0.2, -0.15) is 0 Å². The summed E-state index contributed by atoms with van der Waals surface area (Å²) in [6.45, 7) is 2.45. The SMILES string of the molecule is CNC(C)C(=O)N1CCc2ccc(F)cc21. The Bertz CT molecular complexity index is 419. The summed E-state index contributed by atoms with van der Waals surface area (Å²) in [5.41, 5.74) is 1.75. The average Bonchev–Trinajstić information content (AvgIpc) is 2.69. The van der Waals surface area contributed by atoms with Crippen molar-refractivity contribution < 1.29 is 9.18 Å². The minimum Gasteiger partial charge on any atom is -0.310 e. The quantitative estimate of drug-likeness (QED) is 0.818. The Hall–Kier alpha value is -1.42. The number of hydrogen-bond acceptors (Lipinski definition) is 2. The lowest BCUT2D eigenvalue weighted by atomic mass is 10.1. The summed E-state index contributed by atoms with van der Waals surface area (Å²) in [6.07, 6.45) is 0.803. The minimum absolute atomic E-state index is 0.00755. The molecule has 1 aliphatic heterocycles. The average molecular weight is 222 g/mol. The zero-order valence-corrected chi connectivity index (χ0v) is 9.46. The first kappa shape index (κ1) is 11.1. The summed E-state index contributed by atoms with van der Waals surface area (Å²) in [6, 6.07) is 4.38. The van der Waals surface area contributed by atoms with Crippen molar-refractivity contribution in [2.24, 2.45) is 0 Å². The van der Waals surface area contributed by atoms with Gasteiger partial charge in [0.15, 0.2) is 0 Å². The first-order valence-corrected chi connectivity index (χ1v) is 5.40. The van der Waals surface area contributed by atoms with Crippen LogP contribution in [0.4, 0.5) is 10.1 Å². The summed E-state index contributed by atoms with van der Waals surface area (Å²) in [5.74, 6) is -0.303. The molecule has 86 valence electrons. The van der Waals surface area contributed by atoms with Gasteiger partial charge in [-0.1, -0.05) is 6.07 Å². The molecule has 0 radical (unpaired) electrons. The van der Waals surface area contributed by atoms with E-state index in [1.54, 1.807) is 24.9 Å². The topological polar surface area (TPSA) is 32.3 Å². The summed E-state index contributed by atoms with van der Waals surface area (Å²) >= 11 is 0. The fourth-order valence-electron chi connectivity index (χ4n) is 1.94. The van der Waals surface area contributed by atoms with Crippen molar-refractivity contribution in [1.29, 1.82) is 0 Å². The fourth-order valence-corrected chi connectivity index (χ4v) is 1.94. The van der Waals surface area contributed by atoms with Crippen LogP contribution in [0, 0.1) is 5.82 Å². The summed E-state index contributed by atoms with van der Waals surface area (Å²) in [4.78, 5) is 13.6. The standard InChI is InChI=1S/C12H15FN2O/c1-8(14-2)12(16)15-6-5-9-3-4-10(13)7-11(9)15/h3-4,7-8,14H,5-6H2,1-2H3. The number of nitrogens with zero attached hydrogens (tertiary/aromatic N) is 1. The molecular formula is C12H15FN2O. The number of carbonyl (C=O) groups is 1. The third-order valence-electron chi connectivity index (χ3n) is 3.01. The van der Waals surface area contributed by atoms with Crippen LogP contribution in [0.1, 0.15) is 12.5 Å². The van der Waals surface area contributed by atoms with Gasteiger partial charge >= 0.3 is 0 Å². The molecule has 4 heteroatoms. The number of anilines is 1. The van der Waals surface area contributed by atoms with Crippen LogP contribution in [0.3, 0.4) is 0 Å². The van der Waals surface area contributed by atoms with Crippen molar-refractivity contribution in [1.82, 2.24) is 5.32 Å². The van der Waals surface area contributed by atoms with Crippen LogP contribution in [0.25, 0.3) is 0 Å². The molecule has 1 aromatic rings. The zero-order chi connectivity index (χ0) is 11.7. The number of likely N-dealkylation sites (N-methyl/N-ethyl adjacent to an activating group) is 1. The monoisotopic (exact) mass is 222 g/mol. The molecule has 0 fully saturated rings. The Morgan fingerprint density at radius 2 is 2.31 bits per heavy atom. The molecule has 0 aromatic heterocycles. The maximum atomic E-state index is 13.1. The van der Waals surface area contributed by atoms with E-state index in [1.165, 1.54) is 12.1 Å². The van der Waals surface area contributed by atoms with E-state index in [0.29, 0.717) is 12.2 Å². The summed E-state index contributed by atoms with van der Waals surface area (Å²) in [7, 11) is 1.74. The Morgan fingerprint density at radius 1 is 1.56 bits per heavy atom. The number of rotatable bonds is 2. The van der Waals surface area contributed by atoms with E-state index in [-0.39, 0.29) is 17.8 Å². The molecule has 0 bridgehead atoms. The number of carbonyl (C=O) groups excluding carboxylic acids is 1. The van der Waals surface area contributed by atoms with E-state index in [4.69, 9.17) is 0 Å². The highest BCUT2D eigenvalue weighted by Gasteiger charge is 2.27. The van der Waals surface area contributed by atoms with E-state index in [0.717, 1.165) is 12.0 Å². The number of amides is 1. The second kappa shape index (κ2) is 4.22. The molecular weight excluding hydrogens is 207 g/mol. The molecule has 1 amide bonds. The Balaban J connectivity index is 2.29. The lowest BCUT2D eigenvalue weighted by Crippen LogP contribution is -2.42. The maximum Gasteiger partial charge on any atom is 0.243 e. The molecule has 1 unspecified atom stereocenters. The largest absolute Gasteiger partial charge is 0.310 e. The lowest BCUT2D eigenvalue weighted by Gasteiger charge is -2.21. The molecule has 16 heavy (non-hydrogen) atoms. The molecule has 1 N–H and O–H groups in total. The number of halogens is 1. The number of fused-ring (bicyclic) bond motifs is 1. The van der Waals surface area contributed by atoms with E-state index in [9.17, 15) is 9.18 Å². The molecule has 0 saturated heterocycles. The van der Waals surface area contributed by atoms with Crippen molar-refractivity contribution in [3.05, 3.63) is 29.6 Å². The minimum atomic E-state index is -0.296. The lowest BCUT2D eigenvalue weighted by molar-refractivity contribution is -0.120. The molecule has 0 spiro atoms. The van der Waals surface area contributed by atoms with Crippen LogP contribution in [-0.2, 0) is 11.2 Å². The first-order valence-electron chi connectivity index (χ1n) is 5.40. The smallest absolute Gasteiger partial charge is 0.243 e. The molecule has 1 aromatic carbocycles. The molecule has 2 rings (SSSR count). The van der Waals surface area contributed by atoms with Gasteiger partial charge in [-0.3, -0.25) is 4.79 Å².